The van der Waals surface area contributed by atoms with Crippen molar-refractivity contribution in [3.63, 3.8) is 0 Å². The molecule has 0 aliphatic carbocycles. The molecule has 0 unspecified atom stereocenters. The summed E-state index contributed by atoms with van der Waals surface area (Å²) in [6.07, 6.45) is 0. The first-order valence-corrected chi connectivity index (χ1v) is 7.28. The Kier molecular flexibility index (Phi) is 4.53. The van der Waals surface area contributed by atoms with Crippen molar-refractivity contribution in [1.82, 2.24) is 0 Å². The number of benzene rings is 2. The number of nitrogen functional groups attached to an aromatic ring is 1. The van der Waals surface area contributed by atoms with Gasteiger partial charge in [0.15, 0.2) is 5.60 Å². The number of anilines is 2. The van der Waals surface area contributed by atoms with Crippen LogP contribution in [0.5, 0.6) is 5.75 Å². The molecule has 4 nitrogen and oxygen atoms in total. The van der Waals surface area contributed by atoms with E-state index in [1.54, 1.807) is 38.1 Å². The van der Waals surface area contributed by atoms with E-state index in [-0.39, 0.29) is 5.91 Å². The van der Waals surface area contributed by atoms with Gasteiger partial charge in [0.1, 0.15) is 5.75 Å². The maximum Gasteiger partial charge on any atom is 0.267 e. The molecule has 0 atom stereocenters. The summed E-state index contributed by atoms with van der Waals surface area (Å²) in [6.45, 7) is 3.45. The Morgan fingerprint density at radius 2 is 1.67 bits per heavy atom. The molecule has 0 heterocycles. The van der Waals surface area contributed by atoms with E-state index in [9.17, 15) is 4.79 Å². The standard InChI is InChI=1S/C16H17BrN2O2/c1-16(2,21-14-9-3-11(17)4-10-14)15(20)19-13-7-5-12(18)6-8-13/h3-10H,18H2,1-2H3,(H,19,20). The third kappa shape index (κ3) is 4.23. The van der Waals surface area contributed by atoms with Gasteiger partial charge in [-0.15, -0.1) is 0 Å². The maximum absolute atomic E-state index is 12.3. The molecule has 2 aromatic rings. The normalized spacial score (nSPS) is 11.0. The smallest absolute Gasteiger partial charge is 0.267 e. The van der Waals surface area contributed by atoms with Gasteiger partial charge in [-0.25, -0.2) is 0 Å². The van der Waals surface area contributed by atoms with E-state index >= 15 is 0 Å². The summed E-state index contributed by atoms with van der Waals surface area (Å²) in [6, 6.07) is 14.3. The van der Waals surface area contributed by atoms with Crippen LogP contribution in [0, 0.1) is 0 Å². The first-order chi connectivity index (χ1) is 9.87. The number of carbonyl (C=O) groups excluding carboxylic acids is 1. The molecule has 2 rings (SSSR count). The Balaban J connectivity index is 2.05. The molecule has 0 bridgehead atoms. The first kappa shape index (κ1) is 15.4. The van der Waals surface area contributed by atoms with Crippen LogP contribution in [0.1, 0.15) is 13.8 Å². The third-order valence-electron chi connectivity index (χ3n) is 2.90. The van der Waals surface area contributed by atoms with E-state index in [0.29, 0.717) is 17.1 Å². The number of nitrogens with two attached hydrogens (primary N) is 1. The average Bonchev–Trinajstić information content (AvgIpc) is 2.43. The molecule has 0 saturated heterocycles. The molecule has 0 saturated carbocycles. The second kappa shape index (κ2) is 6.18. The van der Waals surface area contributed by atoms with Crippen LogP contribution in [0.15, 0.2) is 53.0 Å². The predicted octanol–water partition coefficient (Wildman–Crippen LogP) is 3.83. The van der Waals surface area contributed by atoms with E-state index in [4.69, 9.17) is 10.5 Å². The van der Waals surface area contributed by atoms with Crippen molar-refractivity contribution < 1.29 is 9.53 Å². The van der Waals surface area contributed by atoms with Gasteiger partial charge in [0.05, 0.1) is 0 Å². The summed E-state index contributed by atoms with van der Waals surface area (Å²) >= 11 is 3.36. The number of hydrogen-bond donors (Lipinski definition) is 2. The molecule has 0 aliphatic heterocycles. The zero-order valence-electron chi connectivity index (χ0n) is 11.9. The second-order valence-corrected chi connectivity index (χ2v) is 6.06. The van der Waals surface area contributed by atoms with Gasteiger partial charge in [-0.2, -0.15) is 0 Å². The van der Waals surface area contributed by atoms with Crippen LogP contribution in [0.2, 0.25) is 0 Å². The Labute approximate surface area is 132 Å². The highest BCUT2D eigenvalue weighted by molar-refractivity contribution is 9.10. The van der Waals surface area contributed by atoms with Crippen molar-refractivity contribution in [2.24, 2.45) is 0 Å². The predicted molar refractivity (Wildman–Crippen MR) is 88.3 cm³/mol. The van der Waals surface area contributed by atoms with E-state index in [1.165, 1.54) is 0 Å². The Morgan fingerprint density at radius 1 is 1.10 bits per heavy atom. The summed E-state index contributed by atoms with van der Waals surface area (Å²) < 4.78 is 6.71. The van der Waals surface area contributed by atoms with Gasteiger partial charge in [-0.3, -0.25) is 4.79 Å². The number of amides is 1. The van der Waals surface area contributed by atoms with Crippen molar-refractivity contribution in [2.45, 2.75) is 19.4 Å². The van der Waals surface area contributed by atoms with Gasteiger partial charge in [0.2, 0.25) is 0 Å². The lowest BCUT2D eigenvalue weighted by Gasteiger charge is -2.25. The highest BCUT2D eigenvalue weighted by atomic mass is 79.9. The molecule has 3 N–H and O–H groups in total. The van der Waals surface area contributed by atoms with E-state index in [0.717, 1.165) is 4.47 Å². The topological polar surface area (TPSA) is 64.3 Å². The van der Waals surface area contributed by atoms with Crippen molar-refractivity contribution in [3.05, 3.63) is 53.0 Å². The van der Waals surface area contributed by atoms with Crippen molar-refractivity contribution in [3.8, 4) is 5.75 Å². The molecule has 5 heteroatoms. The van der Waals surface area contributed by atoms with Crippen LogP contribution in [0.4, 0.5) is 11.4 Å². The number of carbonyl (C=O) groups is 1. The van der Waals surface area contributed by atoms with E-state index < -0.39 is 5.60 Å². The lowest BCUT2D eigenvalue weighted by molar-refractivity contribution is -0.128. The van der Waals surface area contributed by atoms with Crippen LogP contribution in [0.25, 0.3) is 0 Å². The molecular formula is C16H17BrN2O2. The largest absolute Gasteiger partial charge is 0.478 e. The van der Waals surface area contributed by atoms with Gasteiger partial charge in [-0.1, -0.05) is 15.9 Å². The van der Waals surface area contributed by atoms with Gasteiger partial charge in [0, 0.05) is 15.8 Å². The summed E-state index contributed by atoms with van der Waals surface area (Å²) in [4.78, 5) is 12.3. The number of hydrogen-bond acceptors (Lipinski definition) is 3. The maximum atomic E-state index is 12.3. The monoisotopic (exact) mass is 348 g/mol. The fourth-order valence-corrected chi connectivity index (χ4v) is 1.96. The summed E-state index contributed by atoms with van der Waals surface area (Å²) in [5.41, 5.74) is 5.96. The van der Waals surface area contributed by atoms with Gasteiger partial charge in [-0.05, 0) is 62.4 Å². The second-order valence-electron chi connectivity index (χ2n) is 5.14. The van der Waals surface area contributed by atoms with Crippen molar-refractivity contribution in [2.75, 3.05) is 11.1 Å². The van der Waals surface area contributed by atoms with Crippen LogP contribution in [-0.2, 0) is 4.79 Å². The van der Waals surface area contributed by atoms with Crippen molar-refractivity contribution in [1.29, 1.82) is 0 Å². The fraction of sp³-hybridized carbons (Fsp3) is 0.188. The van der Waals surface area contributed by atoms with Gasteiger partial charge in [0.25, 0.3) is 5.91 Å². The summed E-state index contributed by atoms with van der Waals surface area (Å²) in [5.74, 6) is 0.408. The Bertz CT molecular complexity index is 622. The van der Waals surface area contributed by atoms with Crippen LogP contribution in [-0.4, -0.2) is 11.5 Å². The highest BCUT2D eigenvalue weighted by Crippen LogP contribution is 2.22. The quantitative estimate of drug-likeness (QED) is 0.825. The molecular weight excluding hydrogens is 332 g/mol. The molecule has 2 aromatic carbocycles. The Hall–Kier alpha value is -2.01. The fourth-order valence-electron chi connectivity index (χ4n) is 1.69. The number of ether oxygens (including phenoxy) is 1. The third-order valence-corrected chi connectivity index (χ3v) is 3.43. The minimum absolute atomic E-state index is 0.227. The SMILES string of the molecule is CC(C)(Oc1ccc(Br)cc1)C(=O)Nc1ccc(N)cc1. The van der Waals surface area contributed by atoms with Crippen LogP contribution in [0.3, 0.4) is 0 Å². The molecule has 0 radical (unpaired) electrons. The molecule has 0 fully saturated rings. The van der Waals surface area contributed by atoms with Crippen LogP contribution < -0.4 is 15.8 Å². The lowest BCUT2D eigenvalue weighted by Crippen LogP contribution is -2.42. The number of nitrogens with one attached hydrogen (secondary N) is 1. The zero-order chi connectivity index (χ0) is 15.5. The molecule has 0 spiro atoms. The Morgan fingerprint density at radius 3 is 2.24 bits per heavy atom. The number of halogens is 1. The minimum atomic E-state index is -0.991. The molecule has 0 aromatic heterocycles. The molecule has 0 aliphatic rings. The van der Waals surface area contributed by atoms with Gasteiger partial charge < -0.3 is 15.8 Å². The highest BCUT2D eigenvalue weighted by Gasteiger charge is 2.30. The molecule has 110 valence electrons. The zero-order valence-corrected chi connectivity index (χ0v) is 13.5. The van der Waals surface area contributed by atoms with Crippen LogP contribution >= 0.6 is 15.9 Å². The van der Waals surface area contributed by atoms with Gasteiger partial charge >= 0.3 is 0 Å². The summed E-state index contributed by atoms with van der Waals surface area (Å²) in [5, 5.41) is 2.81. The lowest BCUT2D eigenvalue weighted by atomic mass is 10.1. The molecule has 1 amide bonds. The van der Waals surface area contributed by atoms with Crippen molar-refractivity contribution >= 4 is 33.2 Å². The molecule has 21 heavy (non-hydrogen) atoms. The van der Waals surface area contributed by atoms with E-state index in [2.05, 4.69) is 21.2 Å². The average molecular weight is 349 g/mol. The van der Waals surface area contributed by atoms with E-state index in [1.807, 2.05) is 24.3 Å². The number of rotatable bonds is 4. The minimum Gasteiger partial charge on any atom is -0.478 e. The summed E-state index contributed by atoms with van der Waals surface area (Å²) in [7, 11) is 0. The first-order valence-electron chi connectivity index (χ1n) is 6.48.